The van der Waals surface area contributed by atoms with Crippen LogP contribution in [0.1, 0.15) is 30.6 Å². The number of aromatic nitrogens is 2. The van der Waals surface area contributed by atoms with Gasteiger partial charge >= 0.3 is 0 Å². The summed E-state index contributed by atoms with van der Waals surface area (Å²) in [6, 6.07) is 0. The zero-order valence-electron chi connectivity index (χ0n) is 10.4. The van der Waals surface area contributed by atoms with E-state index in [9.17, 15) is 4.79 Å². The van der Waals surface area contributed by atoms with Crippen LogP contribution < -0.4 is 5.32 Å². The van der Waals surface area contributed by atoms with Crippen molar-refractivity contribution in [3.8, 4) is 0 Å². The molecule has 0 bridgehead atoms. The predicted molar refractivity (Wildman–Crippen MR) is 68.3 cm³/mol. The highest BCUT2D eigenvalue weighted by atomic mass is 32.1. The Hall–Kier alpha value is -1.17. The van der Waals surface area contributed by atoms with Crippen LogP contribution in [0, 0.1) is 11.8 Å². The second kappa shape index (κ2) is 5.00. The summed E-state index contributed by atoms with van der Waals surface area (Å²) in [5.41, 5.74) is 0. The lowest BCUT2D eigenvalue weighted by molar-refractivity contribution is 0.0784. The smallest absolute Gasteiger partial charge is 0.284 e. The van der Waals surface area contributed by atoms with Gasteiger partial charge in [0.1, 0.15) is 0 Å². The average Bonchev–Trinajstić information content (AvgIpc) is 2.87. The van der Waals surface area contributed by atoms with E-state index in [1.54, 1.807) is 0 Å². The van der Waals surface area contributed by atoms with Gasteiger partial charge in [0.25, 0.3) is 5.91 Å². The molecule has 2 rings (SSSR count). The number of anilines is 1. The first-order valence-corrected chi connectivity index (χ1v) is 6.80. The van der Waals surface area contributed by atoms with Crippen LogP contribution in [0.3, 0.4) is 0 Å². The van der Waals surface area contributed by atoms with Gasteiger partial charge in [-0.1, -0.05) is 25.2 Å². The molecule has 2 atom stereocenters. The van der Waals surface area contributed by atoms with Gasteiger partial charge in [-0.15, -0.1) is 10.2 Å². The number of likely N-dealkylation sites (tertiary alicyclic amines) is 1. The Bertz CT molecular complexity index is 396. The number of carbonyl (C=O) groups excluding carboxylic acids is 1. The van der Waals surface area contributed by atoms with Crippen molar-refractivity contribution in [2.75, 3.05) is 25.0 Å². The number of nitrogens with one attached hydrogen (secondary N) is 1. The second-order valence-electron chi connectivity index (χ2n) is 4.61. The van der Waals surface area contributed by atoms with Gasteiger partial charge in [0.15, 0.2) is 0 Å². The van der Waals surface area contributed by atoms with Crippen molar-refractivity contribution in [1.29, 1.82) is 0 Å². The first kappa shape index (κ1) is 12.3. The standard InChI is InChI=1S/C11H18N4OS/c1-4-12-11-14-13-9(17-11)10(16)15-5-7(2)8(3)6-15/h7-8H,4-6H2,1-3H3,(H,12,14). The molecule has 0 aromatic carbocycles. The van der Waals surface area contributed by atoms with E-state index < -0.39 is 0 Å². The van der Waals surface area contributed by atoms with Crippen LogP contribution in [0.4, 0.5) is 5.13 Å². The number of amides is 1. The third kappa shape index (κ3) is 2.57. The van der Waals surface area contributed by atoms with Gasteiger partial charge < -0.3 is 10.2 Å². The molecular formula is C11H18N4OS. The van der Waals surface area contributed by atoms with Crippen molar-refractivity contribution in [2.45, 2.75) is 20.8 Å². The molecule has 94 valence electrons. The Morgan fingerprint density at radius 1 is 1.41 bits per heavy atom. The summed E-state index contributed by atoms with van der Waals surface area (Å²) in [6.07, 6.45) is 0. The molecule has 0 radical (unpaired) electrons. The Labute approximate surface area is 105 Å². The minimum atomic E-state index is 0.0165. The van der Waals surface area contributed by atoms with Gasteiger partial charge in [-0.25, -0.2) is 0 Å². The van der Waals surface area contributed by atoms with E-state index in [0.717, 1.165) is 24.8 Å². The second-order valence-corrected chi connectivity index (χ2v) is 5.58. The number of rotatable bonds is 3. The maximum absolute atomic E-state index is 12.2. The molecule has 2 unspecified atom stereocenters. The van der Waals surface area contributed by atoms with E-state index >= 15 is 0 Å². The molecule has 6 heteroatoms. The number of hydrogen-bond acceptors (Lipinski definition) is 5. The Morgan fingerprint density at radius 3 is 2.65 bits per heavy atom. The minimum absolute atomic E-state index is 0.0165. The van der Waals surface area contributed by atoms with Crippen LogP contribution in [-0.4, -0.2) is 40.6 Å². The molecule has 1 aromatic heterocycles. The third-order valence-corrected chi connectivity index (χ3v) is 4.08. The maximum atomic E-state index is 12.2. The molecule has 1 N–H and O–H groups in total. The molecule has 1 saturated heterocycles. The lowest BCUT2D eigenvalue weighted by atomic mass is 10.0. The molecule has 1 aromatic rings. The van der Waals surface area contributed by atoms with Crippen molar-refractivity contribution in [1.82, 2.24) is 15.1 Å². The Kier molecular flexibility index (Phi) is 3.61. The van der Waals surface area contributed by atoms with E-state index in [4.69, 9.17) is 0 Å². The highest BCUT2D eigenvalue weighted by Gasteiger charge is 2.31. The largest absolute Gasteiger partial charge is 0.360 e. The van der Waals surface area contributed by atoms with E-state index in [1.807, 2.05) is 11.8 Å². The zero-order chi connectivity index (χ0) is 12.4. The quantitative estimate of drug-likeness (QED) is 0.892. The molecule has 5 nitrogen and oxygen atoms in total. The van der Waals surface area contributed by atoms with Crippen LogP contribution in [-0.2, 0) is 0 Å². The highest BCUT2D eigenvalue weighted by molar-refractivity contribution is 7.17. The van der Waals surface area contributed by atoms with E-state index in [0.29, 0.717) is 16.8 Å². The normalized spacial score (nSPS) is 24.1. The fourth-order valence-electron chi connectivity index (χ4n) is 1.96. The summed E-state index contributed by atoms with van der Waals surface area (Å²) in [7, 11) is 0. The SMILES string of the molecule is CCNc1nnc(C(=O)N2CC(C)C(C)C2)s1. The lowest BCUT2D eigenvalue weighted by Gasteiger charge is -2.13. The monoisotopic (exact) mass is 254 g/mol. The third-order valence-electron chi connectivity index (χ3n) is 3.21. The topological polar surface area (TPSA) is 58.1 Å². The molecular weight excluding hydrogens is 236 g/mol. The van der Waals surface area contributed by atoms with Gasteiger partial charge in [-0.05, 0) is 18.8 Å². The van der Waals surface area contributed by atoms with E-state index in [-0.39, 0.29) is 5.91 Å². The van der Waals surface area contributed by atoms with Crippen LogP contribution >= 0.6 is 11.3 Å². The van der Waals surface area contributed by atoms with Crippen molar-refractivity contribution >= 4 is 22.4 Å². The fraction of sp³-hybridized carbons (Fsp3) is 0.727. The number of nitrogens with zero attached hydrogens (tertiary/aromatic N) is 3. The molecule has 1 amide bonds. The van der Waals surface area contributed by atoms with E-state index in [2.05, 4.69) is 29.4 Å². The summed E-state index contributed by atoms with van der Waals surface area (Å²) in [5.74, 6) is 1.16. The zero-order valence-corrected chi connectivity index (χ0v) is 11.3. The van der Waals surface area contributed by atoms with Gasteiger partial charge in [-0.3, -0.25) is 4.79 Å². The fourth-order valence-corrected chi connectivity index (χ4v) is 2.74. The van der Waals surface area contributed by atoms with Crippen molar-refractivity contribution < 1.29 is 4.79 Å². The molecule has 1 aliphatic rings. The molecule has 2 heterocycles. The van der Waals surface area contributed by atoms with E-state index in [1.165, 1.54) is 11.3 Å². The van der Waals surface area contributed by atoms with Gasteiger partial charge in [0.05, 0.1) is 0 Å². The van der Waals surface area contributed by atoms with Gasteiger partial charge in [-0.2, -0.15) is 0 Å². The molecule has 17 heavy (non-hydrogen) atoms. The van der Waals surface area contributed by atoms with Crippen molar-refractivity contribution in [3.63, 3.8) is 0 Å². The lowest BCUT2D eigenvalue weighted by Crippen LogP contribution is -2.28. The highest BCUT2D eigenvalue weighted by Crippen LogP contribution is 2.25. The molecule has 1 aliphatic heterocycles. The number of hydrogen-bond donors (Lipinski definition) is 1. The van der Waals surface area contributed by atoms with Crippen LogP contribution in [0.2, 0.25) is 0 Å². The molecule has 1 fully saturated rings. The first-order valence-electron chi connectivity index (χ1n) is 5.98. The summed E-state index contributed by atoms with van der Waals surface area (Å²) < 4.78 is 0. The molecule has 0 aliphatic carbocycles. The molecule has 0 saturated carbocycles. The maximum Gasteiger partial charge on any atom is 0.284 e. The molecule has 0 spiro atoms. The van der Waals surface area contributed by atoms with Crippen molar-refractivity contribution in [3.05, 3.63) is 5.01 Å². The predicted octanol–water partition coefficient (Wildman–Crippen LogP) is 1.70. The Balaban J connectivity index is 2.04. The minimum Gasteiger partial charge on any atom is -0.360 e. The van der Waals surface area contributed by atoms with Crippen LogP contribution in [0.25, 0.3) is 0 Å². The summed E-state index contributed by atoms with van der Waals surface area (Å²) in [5, 5.41) is 12.2. The first-order chi connectivity index (χ1) is 8.11. The van der Waals surface area contributed by atoms with Crippen LogP contribution in [0.5, 0.6) is 0 Å². The number of carbonyl (C=O) groups is 1. The van der Waals surface area contributed by atoms with Crippen molar-refractivity contribution in [2.24, 2.45) is 11.8 Å². The van der Waals surface area contributed by atoms with Crippen LogP contribution in [0.15, 0.2) is 0 Å². The summed E-state index contributed by atoms with van der Waals surface area (Å²) >= 11 is 1.33. The summed E-state index contributed by atoms with van der Waals surface area (Å²) in [4.78, 5) is 14.0. The average molecular weight is 254 g/mol. The van der Waals surface area contributed by atoms with Gasteiger partial charge in [0, 0.05) is 19.6 Å². The summed E-state index contributed by atoms with van der Waals surface area (Å²) in [6.45, 7) is 8.81. The Morgan fingerprint density at radius 2 is 2.06 bits per heavy atom. The van der Waals surface area contributed by atoms with Gasteiger partial charge in [0.2, 0.25) is 10.1 Å².